The lowest BCUT2D eigenvalue weighted by molar-refractivity contribution is 0.0897. The van der Waals surface area contributed by atoms with E-state index in [-0.39, 0.29) is 6.04 Å². The molecule has 1 aliphatic carbocycles. The molecule has 0 saturated heterocycles. The highest BCUT2D eigenvalue weighted by atomic mass is 28.3. The first kappa shape index (κ1) is 20.8. The van der Waals surface area contributed by atoms with Crippen molar-refractivity contribution in [3.05, 3.63) is 24.2 Å². The number of nitrogen functional groups attached to an aromatic ring is 1. The van der Waals surface area contributed by atoms with Crippen LogP contribution in [-0.2, 0) is 18.5 Å². The number of nitrogens with zero attached hydrogens (tertiary/aromatic N) is 5. The third-order valence-corrected chi connectivity index (χ3v) is 7.28. The van der Waals surface area contributed by atoms with Crippen molar-refractivity contribution in [1.29, 1.82) is 0 Å². The lowest BCUT2D eigenvalue weighted by Crippen LogP contribution is -2.34. The standard InChI is InChI=1S/C20H32N8OSi/c1-27-10-15(9-23-27)24-20-25-18(22)17-16(13-7-14(21)8-13)11-28(19(17)26-20)12-29-5-6-30(2,3)4/h9-11,13-14H,5-8,12,21H2,1-4H3,(H3,22,24,25,26)/t13-,14-. The highest BCUT2D eigenvalue weighted by Crippen LogP contribution is 2.41. The summed E-state index contributed by atoms with van der Waals surface area (Å²) in [4.78, 5) is 9.28. The summed E-state index contributed by atoms with van der Waals surface area (Å²) in [5, 5.41) is 8.28. The Morgan fingerprint density at radius 3 is 2.63 bits per heavy atom. The number of aryl methyl sites for hydroxylation is 1. The average molecular weight is 429 g/mol. The maximum absolute atomic E-state index is 6.40. The van der Waals surface area contributed by atoms with E-state index in [1.165, 1.54) is 5.56 Å². The Balaban J connectivity index is 1.63. The fraction of sp³-hybridized carbons (Fsp3) is 0.550. The van der Waals surface area contributed by atoms with Crippen LogP contribution in [0.5, 0.6) is 0 Å². The topological polar surface area (TPSA) is 122 Å². The molecule has 0 spiro atoms. The van der Waals surface area contributed by atoms with Gasteiger partial charge in [0.2, 0.25) is 5.95 Å². The Labute approximate surface area is 177 Å². The SMILES string of the molecule is Cn1cc(Nc2nc(N)c3c(n2)n(COCC[Si](C)(C)C)cc3[C@H]2C[C@H](N)C2)cn1. The van der Waals surface area contributed by atoms with Crippen LogP contribution in [0.4, 0.5) is 17.5 Å². The summed E-state index contributed by atoms with van der Waals surface area (Å²) in [6, 6.07) is 1.39. The van der Waals surface area contributed by atoms with Crippen molar-refractivity contribution in [3.63, 3.8) is 0 Å². The first-order valence-corrected chi connectivity index (χ1v) is 14.2. The molecule has 4 rings (SSSR count). The number of rotatable bonds is 8. The van der Waals surface area contributed by atoms with Crippen molar-refractivity contribution in [2.75, 3.05) is 17.7 Å². The summed E-state index contributed by atoms with van der Waals surface area (Å²) in [7, 11) is 0.726. The van der Waals surface area contributed by atoms with Crippen LogP contribution in [0.25, 0.3) is 11.0 Å². The Morgan fingerprint density at radius 1 is 1.23 bits per heavy atom. The Bertz CT molecular complexity index is 1030. The van der Waals surface area contributed by atoms with E-state index in [1.54, 1.807) is 10.9 Å². The van der Waals surface area contributed by atoms with E-state index in [0.29, 0.717) is 24.4 Å². The molecule has 0 unspecified atom stereocenters. The fourth-order valence-electron chi connectivity index (χ4n) is 3.78. The molecule has 0 amide bonds. The zero-order chi connectivity index (χ0) is 21.5. The summed E-state index contributed by atoms with van der Waals surface area (Å²) in [6.07, 6.45) is 7.64. The first-order chi connectivity index (χ1) is 14.2. The highest BCUT2D eigenvalue weighted by molar-refractivity contribution is 6.76. The molecule has 0 aromatic carbocycles. The van der Waals surface area contributed by atoms with E-state index < -0.39 is 8.07 Å². The largest absolute Gasteiger partial charge is 0.383 e. The van der Waals surface area contributed by atoms with E-state index in [9.17, 15) is 0 Å². The zero-order valence-corrected chi connectivity index (χ0v) is 19.2. The maximum atomic E-state index is 6.40. The molecule has 0 bridgehead atoms. The predicted molar refractivity (Wildman–Crippen MR) is 122 cm³/mol. The van der Waals surface area contributed by atoms with Gasteiger partial charge in [-0.15, -0.1) is 0 Å². The van der Waals surface area contributed by atoms with Gasteiger partial charge in [0.1, 0.15) is 18.2 Å². The average Bonchev–Trinajstić information content (AvgIpc) is 3.19. The van der Waals surface area contributed by atoms with E-state index in [0.717, 1.165) is 42.2 Å². The molecule has 1 aliphatic rings. The molecule has 3 aromatic rings. The molecule has 162 valence electrons. The van der Waals surface area contributed by atoms with Crippen molar-refractivity contribution in [3.8, 4) is 0 Å². The molecule has 1 fully saturated rings. The summed E-state index contributed by atoms with van der Waals surface area (Å²) in [6.45, 7) is 8.25. The normalized spacial score (nSPS) is 19.2. The van der Waals surface area contributed by atoms with E-state index in [1.807, 2.05) is 17.8 Å². The Morgan fingerprint density at radius 2 is 2.00 bits per heavy atom. The second kappa shape index (κ2) is 8.01. The van der Waals surface area contributed by atoms with Gasteiger partial charge in [-0.1, -0.05) is 19.6 Å². The molecule has 3 heterocycles. The third-order valence-electron chi connectivity index (χ3n) is 5.58. The van der Waals surface area contributed by atoms with Crippen molar-refractivity contribution in [2.45, 2.75) is 57.2 Å². The molecular formula is C20H32N8OSi. The van der Waals surface area contributed by atoms with Crippen molar-refractivity contribution in [1.82, 2.24) is 24.3 Å². The van der Waals surface area contributed by atoms with Crippen LogP contribution in [0.15, 0.2) is 18.6 Å². The highest BCUT2D eigenvalue weighted by Gasteiger charge is 2.31. The van der Waals surface area contributed by atoms with Gasteiger partial charge < -0.3 is 26.1 Å². The van der Waals surface area contributed by atoms with Gasteiger partial charge >= 0.3 is 0 Å². The number of nitrogens with two attached hydrogens (primary N) is 2. The van der Waals surface area contributed by atoms with Gasteiger partial charge in [0.15, 0.2) is 0 Å². The number of aromatic nitrogens is 5. The van der Waals surface area contributed by atoms with Gasteiger partial charge in [0, 0.05) is 40.2 Å². The van der Waals surface area contributed by atoms with Gasteiger partial charge in [0.05, 0.1) is 17.3 Å². The molecule has 3 aromatic heterocycles. The molecule has 9 nitrogen and oxygen atoms in total. The van der Waals surface area contributed by atoms with Crippen LogP contribution >= 0.6 is 0 Å². The number of hydrogen-bond donors (Lipinski definition) is 3. The van der Waals surface area contributed by atoms with Crippen LogP contribution in [0.3, 0.4) is 0 Å². The lowest BCUT2D eigenvalue weighted by atomic mass is 9.76. The molecule has 0 atom stereocenters. The second-order valence-electron chi connectivity index (χ2n) is 9.49. The number of hydrogen-bond acceptors (Lipinski definition) is 7. The van der Waals surface area contributed by atoms with Gasteiger partial charge in [-0.3, -0.25) is 4.68 Å². The lowest BCUT2D eigenvalue weighted by Gasteiger charge is -2.32. The number of nitrogens with one attached hydrogen (secondary N) is 1. The summed E-state index contributed by atoms with van der Waals surface area (Å²) in [5.74, 6) is 1.32. The van der Waals surface area contributed by atoms with E-state index in [4.69, 9.17) is 21.2 Å². The summed E-state index contributed by atoms with van der Waals surface area (Å²) >= 11 is 0. The number of ether oxygens (including phenoxy) is 1. The predicted octanol–water partition coefficient (Wildman–Crippen LogP) is 3.01. The van der Waals surface area contributed by atoms with Crippen molar-refractivity contribution >= 4 is 36.6 Å². The molecular weight excluding hydrogens is 396 g/mol. The molecule has 0 radical (unpaired) electrons. The smallest absolute Gasteiger partial charge is 0.231 e. The van der Waals surface area contributed by atoms with E-state index >= 15 is 0 Å². The molecule has 10 heteroatoms. The Hall–Kier alpha value is -2.43. The zero-order valence-electron chi connectivity index (χ0n) is 18.2. The second-order valence-corrected chi connectivity index (χ2v) is 15.1. The van der Waals surface area contributed by atoms with Crippen LogP contribution in [0.1, 0.15) is 24.3 Å². The van der Waals surface area contributed by atoms with Crippen molar-refractivity contribution < 1.29 is 4.74 Å². The number of anilines is 3. The summed E-state index contributed by atoms with van der Waals surface area (Å²) < 4.78 is 9.78. The van der Waals surface area contributed by atoms with Crippen LogP contribution < -0.4 is 16.8 Å². The maximum Gasteiger partial charge on any atom is 0.231 e. The number of fused-ring (bicyclic) bond motifs is 1. The van der Waals surface area contributed by atoms with Crippen LogP contribution in [-0.4, -0.2) is 45.0 Å². The molecule has 5 N–H and O–H groups in total. The van der Waals surface area contributed by atoms with Gasteiger partial charge in [0.25, 0.3) is 0 Å². The quantitative estimate of drug-likeness (QED) is 0.372. The van der Waals surface area contributed by atoms with Gasteiger partial charge in [-0.2, -0.15) is 15.1 Å². The monoisotopic (exact) mass is 428 g/mol. The van der Waals surface area contributed by atoms with E-state index in [2.05, 4.69) is 41.2 Å². The molecule has 30 heavy (non-hydrogen) atoms. The van der Waals surface area contributed by atoms with Crippen LogP contribution in [0.2, 0.25) is 25.7 Å². The van der Waals surface area contributed by atoms with Crippen molar-refractivity contribution in [2.24, 2.45) is 12.8 Å². The first-order valence-electron chi connectivity index (χ1n) is 10.4. The molecule has 1 saturated carbocycles. The third kappa shape index (κ3) is 4.50. The van der Waals surface area contributed by atoms with Gasteiger partial charge in [-0.05, 0) is 30.4 Å². The van der Waals surface area contributed by atoms with Gasteiger partial charge in [-0.25, -0.2) is 0 Å². The van der Waals surface area contributed by atoms with Crippen LogP contribution in [0, 0.1) is 0 Å². The minimum absolute atomic E-state index is 0.259. The minimum atomic E-state index is -1.14. The fourth-order valence-corrected chi connectivity index (χ4v) is 4.54. The molecule has 0 aliphatic heterocycles. The minimum Gasteiger partial charge on any atom is -0.383 e. The Kier molecular flexibility index (Phi) is 5.56. The summed E-state index contributed by atoms with van der Waals surface area (Å²) in [5.41, 5.74) is 15.2.